The number of anilines is 1. The van der Waals surface area contributed by atoms with Crippen LogP contribution in [-0.2, 0) is 0 Å². The first-order valence-corrected chi connectivity index (χ1v) is 8.29. The van der Waals surface area contributed by atoms with Crippen LogP contribution in [0, 0.1) is 13.8 Å². The second kappa shape index (κ2) is 6.75. The Labute approximate surface area is 143 Å². The molecule has 3 nitrogen and oxygen atoms in total. The Morgan fingerprint density at radius 1 is 1.09 bits per heavy atom. The molecule has 1 aliphatic rings. The minimum atomic E-state index is 0.0851. The van der Waals surface area contributed by atoms with Gasteiger partial charge in [0.25, 0.3) is 0 Å². The van der Waals surface area contributed by atoms with Gasteiger partial charge in [0.05, 0.1) is 0 Å². The first kappa shape index (κ1) is 16.1. The first-order chi connectivity index (χ1) is 11.0. The third-order valence-corrected chi connectivity index (χ3v) is 4.60. The normalized spacial score (nSPS) is 14.7. The summed E-state index contributed by atoms with van der Waals surface area (Å²) < 4.78 is 0. The Hall–Kier alpha value is -1.81. The number of rotatable bonds is 2. The van der Waals surface area contributed by atoms with E-state index in [2.05, 4.69) is 37.7 Å². The summed E-state index contributed by atoms with van der Waals surface area (Å²) in [6, 6.07) is 9.32. The standard InChI is InChI=1S/C18H20BClN2O/c1-13-11-14(2)17(19-12-13)21-7-9-22(10-8-21)18(23)15-3-5-16(20)6-4-15/h3-6,11-12H,7-10H2,1-2H3. The van der Waals surface area contributed by atoms with Crippen molar-refractivity contribution in [1.82, 2.24) is 4.90 Å². The fraction of sp³-hybridized carbons (Fsp3) is 0.333. The number of piperazine rings is 1. The fourth-order valence-electron chi connectivity index (χ4n) is 3.09. The molecule has 0 aliphatic carbocycles. The number of aryl methyl sites for hydroxylation is 2. The van der Waals surface area contributed by atoms with Gasteiger partial charge in [-0.05, 0) is 0 Å². The van der Waals surface area contributed by atoms with Crippen molar-refractivity contribution in [2.75, 3.05) is 31.1 Å². The Kier molecular flexibility index (Phi) is 4.72. The predicted octanol–water partition coefficient (Wildman–Crippen LogP) is 3.26. The number of carbonyl (C=O) groups excluding carboxylic acids is 1. The first-order valence-electron chi connectivity index (χ1n) is 7.91. The van der Waals surface area contributed by atoms with Crippen LogP contribution in [0.2, 0.25) is 5.02 Å². The molecule has 1 aromatic carbocycles. The van der Waals surface area contributed by atoms with Crippen LogP contribution in [0.15, 0.2) is 36.3 Å². The van der Waals surface area contributed by atoms with E-state index in [-0.39, 0.29) is 5.91 Å². The van der Waals surface area contributed by atoms with Crippen LogP contribution in [0.4, 0.5) is 5.58 Å². The van der Waals surface area contributed by atoms with E-state index in [1.807, 2.05) is 4.90 Å². The zero-order chi connectivity index (χ0) is 16.4. The average Bonchev–Trinajstić information content (AvgIpc) is 2.55. The predicted molar refractivity (Wildman–Crippen MR) is 96.8 cm³/mol. The molecule has 0 bridgehead atoms. The van der Waals surface area contributed by atoms with Crippen molar-refractivity contribution in [3.05, 3.63) is 58.0 Å². The van der Waals surface area contributed by atoms with E-state index < -0.39 is 0 Å². The maximum absolute atomic E-state index is 12.5. The zero-order valence-electron chi connectivity index (χ0n) is 13.6. The maximum atomic E-state index is 12.5. The van der Waals surface area contributed by atoms with Crippen molar-refractivity contribution in [3.63, 3.8) is 0 Å². The molecule has 1 saturated heterocycles. The number of hydrogen-bond donors (Lipinski definition) is 0. The second-order valence-corrected chi connectivity index (χ2v) is 6.51. The van der Waals surface area contributed by atoms with Gasteiger partial charge >= 0.3 is 143 Å². The van der Waals surface area contributed by atoms with E-state index in [1.54, 1.807) is 24.3 Å². The molecule has 0 N–H and O–H groups in total. The van der Waals surface area contributed by atoms with Crippen LogP contribution in [0.5, 0.6) is 0 Å². The number of nitrogens with zero attached hydrogens (tertiary/aromatic N) is 2. The molecule has 3 rings (SSSR count). The molecule has 1 fully saturated rings. The Morgan fingerprint density at radius 3 is 2.35 bits per heavy atom. The van der Waals surface area contributed by atoms with Gasteiger partial charge in [-0.15, -0.1) is 0 Å². The van der Waals surface area contributed by atoms with Gasteiger partial charge in [0.15, 0.2) is 0 Å². The van der Waals surface area contributed by atoms with E-state index >= 15 is 0 Å². The van der Waals surface area contributed by atoms with E-state index in [4.69, 9.17) is 11.6 Å². The molecule has 118 valence electrons. The van der Waals surface area contributed by atoms with Crippen LogP contribution in [0.1, 0.15) is 21.5 Å². The van der Waals surface area contributed by atoms with Gasteiger partial charge in [-0.2, -0.15) is 0 Å². The van der Waals surface area contributed by atoms with Crippen molar-refractivity contribution in [2.45, 2.75) is 13.8 Å². The van der Waals surface area contributed by atoms with Crippen LogP contribution >= 0.6 is 11.6 Å². The summed E-state index contributed by atoms with van der Waals surface area (Å²) in [6.45, 7) is 9.66. The molecule has 0 atom stereocenters. The molecule has 2 aromatic rings. The zero-order valence-corrected chi connectivity index (χ0v) is 14.3. The van der Waals surface area contributed by atoms with E-state index in [0.29, 0.717) is 10.6 Å². The molecule has 0 spiro atoms. The number of amides is 1. The van der Waals surface area contributed by atoms with Gasteiger partial charge in [0.1, 0.15) is 0 Å². The van der Waals surface area contributed by atoms with Crippen LogP contribution in [-0.4, -0.2) is 43.9 Å². The summed E-state index contributed by atoms with van der Waals surface area (Å²) in [4.78, 5) is 16.8. The monoisotopic (exact) mass is 326 g/mol. The SMILES string of the molecule is Cc1cbc(N2CCN(C(=O)c3ccc(Cl)cc3)CC2)c(C)c1. The molecule has 2 heterocycles. The van der Waals surface area contributed by atoms with Crippen molar-refractivity contribution < 1.29 is 4.79 Å². The number of benzene rings is 1. The topological polar surface area (TPSA) is 23.6 Å². The van der Waals surface area contributed by atoms with Gasteiger partial charge in [-0.1, -0.05) is 0 Å². The van der Waals surface area contributed by atoms with Crippen molar-refractivity contribution >= 4 is 30.0 Å². The molecule has 1 amide bonds. The third-order valence-electron chi connectivity index (χ3n) is 4.35. The molecule has 1 aliphatic heterocycles. The quantitative estimate of drug-likeness (QED) is 0.846. The molecule has 1 aromatic heterocycles. The molecule has 0 unspecified atom stereocenters. The Balaban J connectivity index is 1.66. The Bertz CT molecular complexity index is 709. The third kappa shape index (κ3) is 3.58. The van der Waals surface area contributed by atoms with Crippen LogP contribution in [0.3, 0.4) is 0 Å². The number of halogens is 1. The molecule has 0 radical (unpaired) electrons. The van der Waals surface area contributed by atoms with Gasteiger partial charge in [-0.3, -0.25) is 0 Å². The van der Waals surface area contributed by atoms with Gasteiger partial charge in [0, 0.05) is 0 Å². The van der Waals surface area contributed by atoms with Crippen LogP contribution in [0.25, 0.3) is 0 Å². The van der Waals surface area contributed by atoms with Gasteiger partial charge in [-0.25, -0.2) is 0 Å². The molecular formula is C18H20BClN2O. The summed E-state index contributed by atoms with van der Waals surface area (Å²) in [7, 11) is 0. The molecule has 0 saturated carbocycles. The average molecular weight is 327 g/mol. The van der Waals surface area contributed by atoms with E-state index in [1.165, 1.54) is 16.7 Å². The van der Waals surface area contributed by atoms with Gasteiger partial charge in [0.2, 0.25) is 0 Å². The number of hydrogen-bond acceptors (Lipinski definition) is 2. The van der Waals surface area contributed by atoms with Crippen LogP contribution < -0.4 is 4.90 Å². The summed E-state index contributed by atoms with van der Waals surface area (Å²) >= 11 is 5.88. The minimum absolute atomic E-state index is 0.0851. The van der Waals surface area contributed by atoms with E-state index in [9.17, 15) is 4.79 Å². The summed E-state index contributed by atoms with van der Waals surface area (Å²) in [5.41, 5.74) is 4.55. The second-order valence-electron chi connectivity index (χ2n) is 6.08. The molecule has 5 heteroatoms. The number of carbonyl (C=O) groups is 1. The molecular weight excluding hydrogens is 306 g/mol. The summed E-state index contributed by atoms with van der Waals surface area (Å²) in [5, 5.41) is 0.654. The van der Waals surface area contributed by atoms with E-state index in [0.717, 1.165) is 26.2 Å². The van der Waals surface area contributed by atoms with Gasteiger partial charge < -0.3 is 0 Å². The van der Waals surface area contributed by atoms with Crippen molar-refractivity contribution in [3.8, 4) is 0 Å². The molecule has 23 heavy (non-hydrogen) atoms. The van der Waals surface area contributed by atoms with Crippen molar-refractivity contribution in [1.29, 1.82) is 0 Å². The summed E-state index contributed by atoms with van der Waals surface area (Å²) in [6.07, 6.45) is 0. The Morgan fingerprint density at radius 2 is 1.74 bits per heavy atom. The fourth-order valence-corrected chi connectivity index (χ4v) is 3.21. The summed E-state index contributed by atoms with van der Waals surface area (Å²) in [5.74, 6) is 2.23. The van der Waals surface area contributed by atoms with Crippen molar-refractivity contribution in [2.24, 2.45) is 0 Å².